The number of aryl methyl sites for hydroxylation is 1. The SMILES string of the molecule is Cc1cnccc1N1CCN(C=O)CC1. The van der Waals surface area contributed by atoms with Gasteiger partial charge in [0.15, 0.2) is 0 Å². The summed E-state index contributed by atoms with van der Waals surface area (Å²) in [7, 11) is 0. The number of piperazine rings is 1. The van der Waals surface area contributed by atoms with Crippen molar-refractivity contribution in [3.63, 3.8) is 0 Å². The summed E-state index contributed by atoms with van der Waals surface area (Å²) >= 11 is 0. The molecule has 1 saturated heterocycles. The summed E-state index contributed by atoms with van der Waals surface area (Å²) in [6.45, 7) is 5.50. The molecule has 2 rings (SSSR count). The van der Waals surface area contributed by atoms with Gasteiger partial charge in [0, 0.05) is 44.3 Å². The summed E-state index contributed by atoms with van der Waals surface area (Å²) in [5.74, 6) is 0. The predicted octanol–water partition coefficient (Wildman–Crippen LogP) is 0.668. The first kappa shape index (κ1) is 9.96. The second kappa shape index (κ2) is 4.29. The van der Waals surface area contributed by atoms with Gasteiger partial charge in [-0.25, -0.2) is 0 Å². The second-order valence-electron chi connectivity index (χ2n) is 3.79. The maximum absolute atomic E-state index is 10.6. The van der Waals surface area contributed by atoms with Crippen LogP contribution in [0.3, 0.4) is 0 Å². The molecule has 4 nitrogen and oxygen atoms in total. The Morgan fingerprint density at radius 2 is 2.07 bits per heavy atom. The quantitative estimate of drug-likeness (QED) is 0.666. The number of hydrogen-bond donors (Lipinski definition) is 0. The molecule has 0 bridgehead atoms. The van der Waals surface area contributed by atoms with Crippen molar-refractivity contribution in [2.75, 3.05) is 31.1 Å². The molecular weight excluding hydrogens is 190 g/mol. The van der Waals surface area contributed by atoms with E-state index in [9.17, 15) is 4.79 Å². The van der Waals surface area contributed by atoms with Gasteiger partial charge < -0.3 is 9.80 Å². The van der Waals surface area contributed by atoms with Gasteiger partial charge >= 0.3 is 0 Å². The van der Waals surface area contributed by atoms with Crippen molar-refractivity contribution in [2.24, 2.45) is 0 Å². The third kappa shape index (κ3) is 2.09. The van der Waals surface area contributed by atoms with Crippen LogP contribution < -0.4 is 4.90 Å². The number of carbonyl (C=O) groups is 1. The predicted molar refractivity (Wildman–Crippen MR) is 58.8 cm³/mol. The van der Waals surface area contributed by atoms with Crippen LogP contribution in [-0.4, -0.2) is 42.5 Å². The van der Waals surface area contributed by atoms with Gasteiger partial charge in [0.05, 0.1) is 0 Å². The van der Waals surface area contributed by atoms with Gasteiger partial charge in [0.1, 0.15) is 0 Å². The molecule has 1 fully saturated rings. The van der Waals surface area contributed by atoms with Crippen LogP contribution in [0, 0.1) is 6.92 Å². The number of aromatic nitrogens is 1. The first-order valence-electron chi connectivity index (χ1n) is 5.16. The molecule has 1 amide bonds. The van der Waals surface area contributed by atoms with Crippen molar-refractivity contribution < 1.29 is 4.79 Å². The Bertz CT molecular complexity index is 345. The summed E-state index contributed by atoms with van der Waals surface area (Å²) < 4.78 is 0. The zero-order valence-corrected chi connectivity index (χ0v) is 8.89. The van der Waals surface area contributed by atoms with Crippen molar-refractivity contribution in [3.8, 4) is 0 Å². The van der Waals surface area contributed by atoms with Crippen LogP contribution in [0.5, 0.6) is 0 Å². The van der Waals surface area contributed by atoms with Gasteiger partial charge in [-0.15, -0.1) is 0 Å². The average molecular weight is 205 g/mol. The minimum atomic E-state index is 0.811. The van der Waals surface area contributed by atoms with E-state index >= 15 is 0 Å². The van der Waals surface area contributed by atoms with Crippen molar-refractivity contribution in [3.05, 3.63) is 24.0 Å². The smallest absolute Gasteiger partial charge is 0.209 e. The summed E-state index contributed by atoms with van der Waals surface area (Å²) in [5.41, 5.74) is 2.42. The van der Waals surface area contributed by atoms with Crippen molar-refractivity contribution in [1.82, 2.24) is 9.88 Å². The van der Waals surface area contributed by atoms with Crippen LogP contribution in [0.4, 0.5) is 5.69 Å². The highest BCUT2D eigenvalue weighted by atomic mass is 16.1. The molecule has 0 atom stereocenters. The highest BCUT2D eigenvalue weighted by Gasteiger charge is 2.16. The van der Waals surface area contributed by atoms with Gasteiger partial charge in [-0.2, -0.15) is 0 Å². The van der Waals surface area contributed by atoms with Crippen LogP contribution in [0.25, 0.3) is 0 Å². The molecule has 0 N–H and O–H groups in total. The van der Waals surface area contributed by atoms with Gasteiger partial charge in [-0.3, -0.25) is 9.78 Å². The van der Waals surface area contributed by atoms with Gasteiger partial charge in [0.2, 0.25) is 6.41 Å². The molecule has 0 radical (unpaired) electrons. The van der Waals surface area contributed by atoms with E-state index in [-0.39, 0.29) is 0 Å². The Balaban J connectivity index is 2.07. The van der Waals surface area contributed by atoms with Crippen LogP contribution in [-0.2, 0) is 4.79 Å². The summed E-state index contributed by atoms with van der Waals surface area (Å²) in [4.78, 5) is 18.8. The number of rotatable bonds is 2. The molecule has 1 aliphatic heterocycles. The molecule has 2 heterocycles. The van der Waals surface area contributed by atoms with E-state index in [2.05, 4.69) is 16.8 Å². The lowest BCUT2D eigenvalue weighted by atomic mass is 10.2. The van der Waals surface area contributed by atoms with E-state index in [4.69, 9.17) is 0 Å². The number of amides is 1. The molecule has 0 spiro atoms. The highest BCUT2D eigenvalue weighted by molar-refractivity contribution is 5.53. The fourth-order valence-electron chi connectivity index (χ4n) is 1.89. The molecule has 4 heteroatoms. The van der Waals surface area contributed by atoms with Gasteiger partial charge in [-0.1, -0.05) is 0 Å². The number of anilines is 1. The Labute approximate surface area is 89.5 Å². The first-order valence-corrected chi connectivity index (χ1v) is 5.16. The van der Waals surface area contributed by atoms with E-state index < -0.39 is 0 Å². The van der Waals surface area contributed by atoms with Crippen molar-refractivity contribution in [2.45, 2.75) is 6.92 Å². The standard InChI is InChI=1S/C11H15N3O/c1-10-8-12-3-2-11(10)14-6-4-13(9-15)5-7-14/h2-3,8-9H,4-7H2,1H3. The molecule has 0 aliphatic carbocycles. The average Bonchev–Trinajstić information content (AvgIpc) is 2.30. The molecular formula is C11H15N3O. The lowest BCUT2D eigenvalue weighted by Crippen LogP contribution is -2.45. The van der Waals surface area contributed by atoms with E-state index in [1.165, 1.54) is 11.3 Å². The summed E-state index contributed by atoms with van der Waals surface area (Å²) in [5, 5.41) is 0. The fourth-order valence-corrected chi connectivity index (χ4v) is 1.89. The van der Waals surface area contributed by atoms with Crippen molar-refractivity contribution in [1.29, 1.82) is 0 Å². The molecule has 0 unspecified atom stereocenters. The maximum atomic E-state index is 10.6. The normalized spacial score (nSPS) is 16.6. The Kier molecular flexibility index (Phi) is 2.85. The number of pyridine rings is 1. The molecule has 1 aliphatic rings. The first-order chi connectivity index (χ1) is 7.31. The minimum absolute atomic E-state index is 0.811. The third-order valence-corrected chi connectivity index (χ3v) is 2.79. The molecule has 0 aromatic carbocycles. The van der Waals surface area contributed by atoms with Crippen molar-refractivity contribution >= 4 is 12.1 Å². The number of hydrogen-bond acceptors (Lipinski definition) is 3. The largest absolute Gasteiger partial charge is 0.368 e. The van der Waals surface area contributed by atoms with E-state index in [1.54, 1.807) is 0 Å². The lowest BCUT2D eigenvalue weighted by Gasteiger charge is -2.34. The Morgan fingerprint density at radius 1 is 1.33 bits per heavy atom. The van der Waals surface area contributed by atoms with Crippen LogP contribution >= 0.6 is 0 Å². The van der Waals surface area contributed by atoms with Crippen LogP contribution in [0.1, 0.15) is 5.56 Å². The minimum Gasteiger partial charge on any atom is -0.368 e. The molecule has 1 aromatic heterocycles. The Hall–Kier alpha value is -1.58. The van der Waals surface area contributed by atoms with Crippen LogP contribution in [0.15, 0.2) is 18.5 Å². The van der Waals surface area contributed by atoms with Gasteiger partial charge in [-0.05, 0) is 18.6 Å². The monoisotopic (exact) mass is 205 g/mol. The molecule has 80 valence electrons. The van der Waals surface area contributed by atoms with Crippen LogP contribution in [0.2, 0.25) is 0 Å². The molecule has 0 saturated carbocycles. The van der Waals surface area contributed by atoms with E-state index in [0.717, 1.165) is 32.6 Å². The lowest BCUT2D eigenvalue weighted by molar-refractivity contribution is -0.118. The van der Waals surface area contributed by atoms with Gasteiger partial charge in [0.25, 0.3) is 0 Å². The molecule has 1 aromatic rings. The Morgan fingerprint density at radius 3 is 2.67 bits per heavy atom. The highest BCUT2D eigenvalue weighted by Crippen LogP contribution is 2.19. The zero-order valence-electron chi connectivity index (χ0n) is 8.89. The van der Waals surface area contributed by atoms with E-state index in [1.807, 2.05) is 23.4 Å². The summed E-state index contributed by atoms with van der Waals surface area (Å²) in [6, 6.07) is 2.03. The topological polar surface area (TPSA) is 36.4 Å². The molecule has 15 heavy (non-hydrogen) atoms. The zero-order chi connectivity index (χ0) is 10.7. The number of nitrogens with zero attached hydrogens (tertiary/aromatic N) is 3. The van der Waals surface area contributed by atoms with E-state index in [0.29, 0.717) is 0 Å². The summed E-state index contributed by atoms with van der Waals surface area (Å²) in [6.07, 6.45) is 4.62. The third-order valence-electron chi connectivity index (χ3n) is 2.79. The maximum Gasteiger partial charge on any atom is 0.209 e. The fraction of sp³-hybridized carbons (Fsp3) is 0.455. The number of carbonyl (C=O) groups excluding carboxylic acids is 1. The second-order valence-corrected chi connectivity index (χ2v) is 3.79.